The van der Waals surface area contributed by atoms with Gasteiger partial charge in [-0.25, -0.2) is 0 Å². The molecule has 0 fully saturated rings. The fourth-order valence-electron chi connectivity index (χ4n) is 1.64. The Morgan fingerprint density at radius 2 is 1.94 bits per heavy atom. The number of rotatable bonds is 5. The maximum Gasteiger partial charge on any atom is 0.220 e. The van der Waals surface area contributed by atoms with Crippen LogP contribution in [0, 0.1) is 5.92 Å². The van der Waals surface area contributed by atoms with Gasteiger partial charge in [-0.1, -0.05) is 48.0 Å². The number of hydrogen-bond acceptors (Lipinski definition) is 1. The second-order valence-corrected chi connectivity index (χ2v) is 5.60. The second-order valence-electron chi connectivity index (χ2n) is 4.74. The molecule has 0 aliphatic heterocycles. The van der Waals surface area contributed by atoms with Gasteiger partial charge in [0.05, 0.1) is 6.04 Å². The Bertz CT molecular complexity index is 376. The van der Waals surface area contributed by atoms with Gasteiger partial charge in [-0.15, -0.1) is 0 Å². The van der Waals surface area contributed by atoms with Crippen molar-refractivity contribution in [3.8, 4) is 0 Å². The summed E-state index contributed by atoms with van der Waals surface area (Å²) < 4.78 is 1.04. The SMILES string of the molecule is CC(C)CCC(=O)NC(C)c1ccccc1Br. The van der Waals surface area contributed by atoms with Crippen LogP contribution in [0.25, 0.3) is 0 Å². The van der Waals surface area contributed by atoms with Gasteiger partial charge in [0.25, 0.3) is 0 Å². The lowest BCUT2D eigenvalue weighted by atomic mass is 10.1. The number of carbonyl (C=O) groups is 1. The molecule has 1 amide bonds. The molecule has 94 valence electrons. The van der Waals surface area contributed by atoms with Crippen LogP contribution in [0.1, 0.15) is 45.2 Å². The largest absolute Gasteiger partial charge is 0.350 e. The van der Waals surface area contributed by atoms with Crippen LogP contribution in [-0.4, -0.2) is 5.91 Å². The van der Waals surface area contributed by atoms with Crippen molar-refractivity contribution in [1.82, 2.24) is 5.32 Å². The van der Waals surface area contributed by atoms with E-state index in [2.05, 4.69) is 35.1 Å². The quantitative estimate of drug-likeness (QED) is 0.872. The predicted octanol–water partition coefficient (Wildman–Crippen LogP) is 4.06. The van der Waals surface area contributed by atoms with Crippen molar-refractivity contribution in [3.05, 3.63) is 34.3 Å². The molecule has 1 rings (SSSR count). The highest BCUT2D eigenvalue weighted by molar-refractivity contribution is 9.10. The van der Waals surface area contributed by atoms with E-state index < -0.39 is 0 Å². The van der Waals surface area contributed by atoms with Crippen molar-refractivity contribution in [2.75, 3.05) is 0 Å². The van der Waals surface area contributed by atoms with Crippen LogP contribution in [-0.2, 0) is 4.79 Å². The Morgan fingerprint density at radius 1 is 1.29 bits per heavy atom. The summed E-state index contributed by atoms with van der Waals surface area (Å²) in [5, 5.41) is 3.02. The molecule has 1 aromatic carbocycles. The van der Waals surface area contributed by atoms with Crippen LogP contribution >= 0.6 is 15.9 Å². The summed E-state index contributed by atoms with van der Waals surface area (Å²) >= 11 is 3.50. The van der Waals surface area contributed by atoms with E-state index in [4.69, 9.17) is 0 Å². The minimum atomic E-state index is 0.0465. The van der Waals surface area contributed by atoms with E-state index in [1.54, 1.807) is 0 Å². The third kappa shape index (κ3) is 4.90. The van der Waals surface area contributed by atoms with E-state index in [0.29, 0.717) is 12.3 Å². The van der Waals surface area contributed by atoms with E-state index in [-0.39, 0.29) is 11.9 Å². The highest BCUT2D eigenvalue weighted by Crippen LogP contribution is 2.22. The summed E-state index contributed by atoms with van der Waals surface area (Å²) in [5.74, 6) is 0.696. The van der Waals surface area contributed by atoms with Gasteiger partial charge in [-0.3, -0.25) is 4.79 Å². The number of carbonyl (C=O) groups excluding carboxylic acids is 1. The van der Waals surface area contributed by atoms with Crippen LogP contribution in [0.4, 0.5) is 0 Å². The third-order valence-electron chi connectivity index (χ3n) is 2.70. The van der Waals surface area contributed by atoms with Crippen molar-refractivity contribution < 1.29 is 4.79 Å². The topological polar surface area (TPSA) is 29.1 Å². The number of benzene rings is 1. The van der Waals surface area contributed by atoms with E-state index >= 15 is 0 Å². The molecule has 0 spiro atoms. The number of halogens is 1. The molecule has 0 aliphatic rings. The Kier molecular flexibility index (Phi) is 5.69. The fraction of sp³-hybridized carbons (Fsp3) is 0.500. The van der Waals surface area contributed by atoms with Crippen LogP contribution in [0.15, 0.2) is 28.7 Å². The first kappa shape index (κ1) is 14.2. The van der Waals surface area contributed by atoms with E-state index in [1.807, 2.05) is 31.2 Å². The molecule has 1 atom stereocenters. The minimum absolute atomic E-state index is 0.0465. The first-order valence-corrected chi connectivity index (χ1v) is 6.83. The Morgan fingerprint density at radius 3 is 2.53 bits per heavy atom. The molecule has 0 saturated heterocycles. The fourth-order valence-corrected chi connectivity index (χ4v) is 2.27. The molecular weight excluding hydrogens is 278 g/mol. The molecule has 0 aliphatic carbocycles. The van der Waals surface area contributed by atoms with E-state index in [1.165, 1.54) is 0 Å². The monoisotopic (exact) mass is 297 g/mol. The zero-order chi connectivity index (χ0) is 12.8. The number of amides is 1. The van der Waals surface area contributed by atoms with Crippen molar-refractivity contribution in [3.63, 3.8) is 0 Å². The van der Waals surface area contributed by atoms with Crippen LogP contribution in [0.3, 0.4) is 0 Å². The average Bonchev–Trinajstić information content (AvgIpc) is 2.26. The molecule has 0 aromatic heterocycles. The van der Waals surface area contributed by atoms with Gasteiger partial charge >= 0.3 is 0 Å². The normalized spacial score (nSPS) is 12.5. The highest BCUT2D eigenvalue weighted by Gasteiger charge is 2.11. The van der Waals surface area contributed by atoms with Crippen molar-refractivity contribution >= 4 is 21.8 Å². The zero-order valence-corrected chi connectivity index (χ0v) is 12.3. The first-order chi connectivity index (χ1) is 8.00. The van der Waals surface area contributed by atoms with Crippen molar-refractivity contribution in [2.24, 2.45) is 5.92 Å². The molecule has 0 saturated carbocycles. The Balaban J connectivity index is 2.52. The van der Waals surface area contributed by atoms with Crippen molar-refractivity contribution in [1.29, 1.82) is 0 Å². The highest BCUT2D eigenvalue weighted by atomic mass is 79.9. The zero-order valence-electron chi connectivity index (χ0n) is 10.7. The Labute approximate surface area is 112 Å². The smallest absolute Gasteiger partial charge is 0.220 e. The summed E-state index contributed by atoms with van der Waals surface area (Å²) in [6, 6.07) is 8.02. The lowest BCUT2D eigenvalue weighted by molar-refractivity contribution is -0.122. The van der Waals surface area contributed by atoms with Gasteiger partial charge in [0.2, 0.25) is 5.91 Å². The molecule has 1 unspecified atom stereocenters. The summed E-state index contributed by atoms with van der Waals surface area (Å²) in [6.07, 6.45) is 1.54. The van der Waals surface area contributed by atoms with E-state index in [9.17, 15) is 4.79 Å². The minimum Gasteiger partial charge on any atom is -0.350 e. The molecule has 2 nitrogen and oxygen atoms in total. The first-order valence-electron chi connectivity index (χ1n) is 6.04. The van der Waals surface area contributed by atoms with Gasteiger partial charge in [-0.2, -0.15) is 0 Å². The summed E-state index contributed by atoms with van der Waals surface area (Å²) in [6.45, 7) is 6.27. The second kappa shape index (κ2) is 6.80. The average molecular weight is 298 g/mol. The maximum absolute atomic E-state index is 11.7. The number of nitrogens with one attached hydrogen (secondary N) is 1. The summed E-state index contributed by atoms with van der Waals surface area (Å²) in [7, 11) is 0. The standard InChI is InChI=1S/C14H20BrNO/c1-10(2)8-9-14(17)16-11(3)12-6-4-5-7-13(12)15/h4-7,10-11H,8-9H2,1-3H3,(H,16,17). The van der Waals surface area contributed by atoms with Gasteiger partial charge in [0.1, 0.15) is 0 Å². The van der Waals surface area contributed by atoms with E-state index in [0.717, 1.165) is 16.5 Å². The molecule has 0 radical (unpaired) electrons. The predicted molar refractivity (Wildman–Crippen MR) is 74.8 cm³/mol. The number of hydrogen-bond donors (Lipinski definition) is 1. The lowest BCUT2D eigenvalue weighted by Crippen LogP contribution is -2.26. The van der Waals surface area contributed by atoms with Gasteiger partial charge in [0, 0.05) is 10.9 Å². The summed E-state index contributed by atoms with van der Waals surface area (Å²) in [4.78, 5) is 11.7. The molecule has 17 heavy (non-hydrogen) atoms. The Hall–Kier alpha value is -0.830. The maximum atomic E-state index is 11.7. The molecule has 3 heteroatoms. The summed E-state index contributed by atoms with van der Waals surface area (Å²) in [5.41, 5.74) is 1.12. The van der Waals surface area contributed by atoms with Gasteiger partial charge < -0.3 is 5.32 Å². The molecule has 1 N–H and O–H groups in total. The van der Waals surface area contributed by atoms with Crippen LogP contribution < -0.4 is 5.32 Å². The molecule has 0 heterocycles. The molecule has 1 aromatic rings. The molecular formula is C14H20BrNO. The third-order valence-corrected chi connectivity index (χ3v) is 3.42. The van der Waals surface area contributed by atoms with Crippen LogP contribution in [0.2, 0.25) is 0 Å². The molecule has 0 bridgehead atoms. The lowest BCUT2D eigenvalue weighted by Gasteiger charge is -2.16. The van der Waals surface area contributed by atoms with Gasteiger partial charge in [0.15, 0.2) is 0 Å². The van der Waals surface area contributed by atoms with Crippen molar-refractivity contribution in [2.45, 2.75) is 39.7 Å². The van der Waals surface area contributed by atoms with Gasteiger partial charge in [-0.05, 0) is 30.9 Å². The van der Waals surface area contributed by atoms with Crippen LogP contribution in [0.5, 0.6) is 0 Å².